The van der Waals surface area contributed by atoms with Gasteiger partial charge in [-0.3, -0.25) is 0 Å². The SMILES string of the molecule is COC[C@H](C)C=C(C#N)C#N. The first-order valence-corrected chi connectivity index (χ1v) is 3.25. The lowest BCUT2D eigenvalue weighted by Crippen LogP contribution is -2.00. The van der Waals surface area contributed by atoms with Gasteiger partial charge in [-0.1, -0.05) is 13.0 Å². The van der Waals surface area contributed by atoms with Crippen molar-refractivity contribution in [1.29, 1.82) is 10.5 Å². The van der Waals surface area contributed by atoms with Crippen molar-refractivity contribution in [3.63, 3.8) is 0 Å². The van der Waals surface area contributed by atoms with Gasteiger partial charge in [0, 0.05) is 7.11 Å². The number of methoxy groups -OCH3 is 1. The zero-order chi connectivity index (χ0) is 8.69. The second-order valence-corrected chi connectivity index (χ2v) is 2.24. The van der Waals surface area contributed by atoms with Crippen molar-refractivity contribution in [3.8, 4) is 12.1 Å². The van der Waals surface area contributed by atoms with Crippen molar-refractivity contribution in [2.45, 2.75) is 6.92 Å². The van der Waals surface area contributed by atoms with Gasteiger partial charge < -0.3 is 4.74 Å². The quantitative estimate of drug-likeness (QED) is 0.569. The highest BCUT2D eigenvalue weighted by atomic mass is 16.5. The molecule has 3 nitrogen and oxygen atoms in total. The molecule has 58 valence electrons. The number of nitriles is 2. The molecule has 0 saturated carbocycles. The third-order valence-corrected chi connectivity index (χ3v) is 1.12. The second kappa shape index (κ2) is 5.46. The molecule has 0 aromatic heterocycles. The van der Waals surface area contributed by atoms with Crippen LogP contribution in [0, 0.1) is 28.6 Å². The summed E-state index contributed by atoms with van der Waals surface area (Å²) in [5, 5.41) is 16.7. The molecule has 0 amide bonds. The molecule has 0 unspecified atom stereocenters. The highest BCUT2D eigenvalue weighted by Gasteiger charge is 1.98. The molecule has 0 saturated heterocycles. The molecule has 0 fully saturated rings. The fourth-order valence-corrected chi connectivity index (χ4v) is 0.695. The van der Waals surface area contributed by atoms with E-state index in [2.05, 4.69) is 0 Å². The molecule has 0 aliphatic heterocycles. The Kier molecular flexibility index (Phi) is 4.81. The molecule has 0 bridgehead atoms. The molecule has 0 aliphatic carbocycles. The van der Waals surface area contributed by atoms with Gasteiger partial charge in [-0.05, 0) is 5.92 Å². The van der Waals surface area contributed by atoms with E-state index in [1.807, 2.05) is 6.92 Å². The van der Waals surface area contributed by atoms with Gasteiger partial charge in [-0.15, -0.1) is 0 Å². The Morgan fingerprint density at radius 3 is 2.45 bits per heavy atom. The average molecular weight is 150 g/mol. The van der Waals surface area contributed by atoms with Crippen LogP contribution in [-0.4, -0.2) is 13.7 Å². The summed E-state index contributed by atoms with van der Waals surface area (Å²) in [5.41, 5.74) is 0.148. The summed E-state index contributed by atoms with van der Waals surface area (Å²) in [5.74, 6) is 0.120. The first-order valence-electron chi connectivity index (χ1n) is 3.25. The molecular formula is C8H10N2O. The highest BCUT2D eigenvalue weighted by molar-refractivity contribution is 5.35. The molecule has 0 heterocycles. The van der Waals surface area contributed by atoms with E-state index < -0.39 is 0 Å². The molecule has 3 heteroatoms. The van der Waals surface area contributed by atoms with Crippen molar-refractivity contribution in [2.75, 3.05) is 13.7 Å². The molecule has 0 aromatic carbocycles. The molecule has 0 aliphatic rings. The molecule has 1 atom stereocenters. The molecule has 0 spiro atoms. The minimum absolute atomic E-state index is 0.120. The summed E-state index contributed by atoms with van der Waals surface area (Å²) < 4.78 is 4.83. The summed E-state index contributed by atoms with van der Waals surface area (Å²) in [6, 6.07) is 3.57. The molecule has 11 heavy (non-hydrogen) atoms. The van der Waals surface area contributed by atoms with Crippen molar-refractivity contribution in [2.24, 2.45) is 5.92 Å². The maximum atomic E-state index is 8.36. The number of nitrogens with zero attached hydrogens (tertiary/aromatic N) is 2. The molecule has 0 aromatic rings. The lowest BCUT2D eigenvalue weighted by molar-refractivity contribution is 0.176. The number of allylic oxidation sites excluding steroid dienone is 1. The Balaban J connectivity index is 4.09. The monoisotopic (exact) mass is 150 g/mol. The van der Waals surface area contributed by atoms with Crippen molar-refractivity contribution >= 4 is 0 Å². The third-order valence-electron chi connectivity index (χ3n) is 1.12. The van der Waals surface area contributed by atoms with Gasteiger partial charge in [0.15, 0.2) is 0 Å². The summed E-state index contributed by atoms with van der Waals surface area (Å²) in [4.78, 5) is 0. The van der Waals surface area contributed by atoms with Gasteiger partial charge in [0.05, 0.1) is 6.61 Å². The van der Waals surface area contributed by atoms with E-state index in [4.69, 9.17) is 15.3 Å². The molecule has 0 N–H and O–H groups in total. The molecule has 0 radical (unpaired) electrons. The van der Waals surface area contributed by atoms with Crippen LogP contribution in [0.2, 0.25) is 0 Å². The van der Waals surface area contributed by atoms with E-state index in [-0.39, 0.29) is 11.5 Å². The van der Waals surface area contributed by atoms with E-state index in [1.54, 1.807) is 25.3 Å². The topological polar surface area (TPSA) is 56.8 Å². The van der Waals surface area contributed by atoms with Crippen LogP contribution in [0.25, 0.3) is 0 Å². The zero-order valence-corrected chi connectivity index (χ0v) is 6.66. The maximum Gasteiger partial charge on any atom is 0.126 e. The Bertz CT molecular complexity index is 203. The molecular weight excluding hydrogens is 140 g/mol. The number of rotatable bonds is 3. The zero-order valence-electron chi connectivity index (χ0n) is 6.66. The van der Waals surface area contributed by atoms with Crippen LogP contribution in [-0.2, 0) is 4.74 Å². The van der Waals surface area contributed by atoms with Crippen molar-refractivity contribution < 1.29 is 4.74 Å². The van der Waals surface area contributed by atoms with Gasteiger partial charge in [0.1, 0.15) is 17.7 Å². The average Bonchev–Trinajstić information content (AvgIpc) is 2.01. The second-order valence-electron chi connectivity index (χ2n) is 2.24. The van der Waals surface area contributed by atoms with Crippen LogP contribution in [0.4, 0.5) is 0 Å². The lowest BCUT2D eigenvalue weighted by atomic mass is 10.1. The normalized spacial score (nSPS) is 10.9. The van der Waals surface area contributed by atoms with E-state index in [9.17, 15) is 0 Å². The Morgan fingerprint density at radius 2 is 2.09 bits per heavy atom. The highest BCUT2D eigenvalue weighted by Crippen LogP contribution is 2.01. The summed E-state index contributed by atoms with van der Waals surface area (Å²) in [7, 11) is 1.59. The predicted molar refractivity (Wildman–Crippen MR) is 40.3 cm³/mol. The van der Waals surface area contributed by atoms with Gasteiger partial charge in [0.25, 0.3) is 0 Å². The predicted octanol–water partition coefficient (Wildman–Crippen LogP) is 1.24. The van der Waals surface area contributed by atoms with Crippen LogP contribution >= 0.6 is 0 Å². The van der Waals surface area contributed by atoms with Gasteiger partial charge in [-0.2, -0.15) is 10.5 Å². The smallest absolute Gasteiger partial charge is 0.126 e. The minimum atomic E-state index is 0.120. The lowest BCUT2D eigenvalue weighted by Gasteiger charge is -2.01. The van der Waals surface area contributed by atoms with Crippen LogP contribution < -0.4 is 0 Å². The fourth-order valence-electron chi connectivity index (χ4n) is 0.695. The van der Waals surface area contributed by atoms with E-state index >= 15 is 0 Å². The Hall–Kier alpha value is -1.32. The Labute approximate surface area is 66.5 Å². The van der Waals surface area contributed by atoms with E-state index in [0.29, 0.717) is 6.61 Å². The largest absolute Gasteiger partial charge is 0.384 e. The van der Waals surface area contributed by atoms with Crippen molar-refractivity contribution in [3.05, 3.63) is 11.6 Å². The van der Waals surface area contributed by atoms with Crippen LogP contribution in [0.5, 0.6) is 0 Å². The van der Waals surface area contributed by atoms with Gasteiger partial charge in [-0.25, -0.2) is 0 Å². The summed E-state index contributed by atoms with van der Waals surface area (Å²) in [6.07, 6.45) is 1.60. The first kappa shape index (κ1) is 9.68. The van der Waals surface area contributed by atoms with Crippen LogP contribution in [0.15, 0.2) is 11.6 Å². The standard InChI is InChI=1S/C8H10N2O/c1-7(6-11-2)3-8(4-9)5-10/h3,7H,6H2,1-2H3/t7-/m1/s1. The van der Waals surface area contributed by atoms with Crippen molar-refractivity contribution in [1.82, 2.24) is 0 Å². The Morgan fingerprint density at radius 1 is 1.55 bits per heavy atom. The van der Waals surface area contributed by atoms with E-state index in [0.717, 1.165) is 0 Å². The third kappa shape index (κ3) is 4.13. The summed E-state index contributed by atoms with van der Waals surface area (Å²) >= 11 is 0. The number of hydrogen-bond donors (Lipinski definition) is 0. The molecule has 0 rings (SSSR count). The first-order chi connectivity index (χ1) is 5.24. The van der Waals surface area contributed by atoms with Gasteiger partial charge >= 0.3 is 0 Å². The van der Waals surface area contributed by atoms with Crippen LogP contribution in [0.3, 0.4) is 0 Å². The number of hydrogen-bond acceptors (Lipinski definition) is 3. The van der Waals surface area contributed by atoms with E-state index in [1.165, 1.54) is 0 Å². The van der Waals surface area contributed by atoms with Crippen LogP contribution in [0.1, 0.15) is 6.92 Å². The maximum absolute atomic E-state index is 8.36. The fraction of sp³-hybridized carbons (Fsp3) is 0.500. The number of ether oxygens (including phenoxy) is 1. The van der Waals surface area contributed by atoms with Gasteiger partial charge in [0.2, 0.25) is 0 Å². The minimum Gasteiger partial charge on any atom is -0.384 e. The summed E-state index contributed by atoms with van der Waals surface area (Å²) in [6.45, 7) is 2.42.